The molecule has 0 aliphatic carbocycles. The third-order valence-corrected chi connectivity index (χ3v) is 3.76. The largest absolute Gasteiger partial charge is 0.478 e. The van der Waals surface area contributed by atoms with E-state index in [-0.39, 0.29) is 16.2 Å². The maximum Gasteiger partial charge on any atom is 0.336 e. The fraction of sp³-hybridized carbons (Fsp3) is 0.222. The van der Waals surface area contributed by atoms with Gasteiger partial charge in [0.2, 0.25) is 0 Å². The predicted molar refractivity (Wildman–Crippen MR) is 53.1 cm³/mol. The Morgan fingerprint density at radius 2 is 2.07 bits per heavy atom. The number of aromatic carboxylic acids is 1. The zero-order chi connectivity index (χ0) is 10.8. The van der Waals surface area contributed by atoms with Crippen LogP contribution in [0, 0.1) is 4.78 Å². The summed E-state index contributed by atoms with van der Waals surface area (Å²) in [6.07, 6.45) is 0. The molecule has 1 rings (SSSR count). The Bertz CT molecular complexity index is 451. The van der Waals surface area contributed by atoms with E-state index in [0.717, 1.165) is 0 Å². The molecule has 1 aromatic carbocycles. The van der Waals surface area contributed by atoms with E-state index in [1.807, 2.05) is 0 Å². The van der Waals surface area contributed by atoms with Gasteiger partial charge in [0.15, 0.2) is 0 Å². The van der Waals surface area contributed by atoms with Gasteiger partial charge in [-0.15, -0.1) is 0 Å². The van der Waals surface area contributed by atoms with Crippen molar-refractivity contribution in [3.8, 4) is 0 Å². The van der Waals surface area contributed by atoms with Crippen molar-refractivity contribution in [3.63, 3.8) is 0 Å². The van der Waals surface area contributed by atoms with Gasteiger partial charge in [-0.05, 0) is 12.1 Å². The molecule has 76 valence electrons. The number of carboxylic acids is 1. The van der Waals surface area contributed by atoms with Crippen LogP contribution in [0.2, 0.25) is 0 Å². The van der Waals surface area contributed by atoms with E-state index >= 15 is 0 Å². The highest BCUT2D eigenvalue weighted by molar-refractivity contribution is 7.92. The van der Waals surface area contributed by atoms with Crippen molar-refractivity contribution in [1.82, 2.24) is 0 Å². The number of carbonyl (C=O) groups is 1. The van der Waals surface area contributed by atoms with Gasteiger partial charge in [-0.3, -0.25) is 0 Å². The lowest BCUT2D eigenvalue weighted by Crippen LogP contribution is -2.09. The van der Waals surface area contributed by atoms with E-state index in [1.54, 1.807) is 19.1 Å². The van der Waals surface area contributed by atoms with Gasteiger partial charge in [-0.25, -0.2) is 13.8 Å². The third-order valence-electron chi connectivity index (χ3n) is 1.88. The Labute approximate surface area is 82.6 Å². The van der Waals surface area contributed by atoms with Crippen LogP contribution in [0.3, 0.4) is 0 Å². The quantitative estimate of drug-likeness (QED) is 0.803. The van der Waals surface area contributed by atoms with Gasteiger partial charge in [0.25, 0.3) is 0 Å². The summed E-state index contributed by atoms with van der Waals surface area (Å²) in [6, 6.07) is 5.94. The van der Waals surface area contributed by atoms with Gasteiger partial charge < -0.3 is 5.11 Å². The van der Waals surface area contributed by atoms with E-state index in [2.05, 4.69) is 0 Å². The summed E-state index contributed by atoms with van der Waals surface area (Å²) in [4.78, 5) is 10.9. The summed E-state index contributed by atoms with van der Waals surface area (Å²) in [5.74, 6) is -1.02. The highest BCUT2D eigenvalue weighted by Gasteiger charge is 2.16. The summed E-state index contributed by atoms with van der Waals surface area (Å²) in [7, 11) is -2.95. The van der Waals surface area contributed by atoms with Crippen LogP contribution in [0.4, 0.5) is 0 Å². The molecule has 0 aromatic heterocycles. The Kier molecular flexibility index (Phi) is 2.90. The third kappa shape index (κ3) is 1.93. The molecule has 0 radical (unpaired) electrons. The topological polar surface area (TPSA) is 78.2 Å². The summed E-state index contributed by atoms with van der Waals surface area (Å²) < 4.78 is 19.2. The molecule has 4 nitrogen and oxygen atoms in total. The van der Waals surface area contributed by atoms with E-state index in [4.69, 9.17) is 9.89 Å². The predicted octanol–water partition coefficient (Wildman–Crippen LogP) is 1.81. The minimum Gasteiger partial charge on any atom is -0.478 e. The van der Waals surface area contributed by atoms with Gasteiger partial charge >= 0.3 is 5.97 Å². The van der Waals surface area contributed by atoms with Crippen molar-refractivity contribution < 1.29 is 14.1 Å². The van der Waals surface area contributed by atoms with Gasteiger partial charge in [0, 0.05) is 5.75 Å². The van der Waals surface area contributed by atoms with E-state index < -0.39 is 15.7 Å². The molecule has 0 bridgehead atoms. The zero-order valence-corrected chi connectivity index (χ0v) is 8.50. The number of hydrogen-bond donors (Lipinski definition) is 2. The molecular weight excluding hydrogens is 202 g/mol. The lowest BCUT2D eigenvalue weighted by Gasteiger charge is -2.07. The first-order valence-corrected chi connectivity index (χ1v) is 5.80. The van der Waals surface area contributed by atoms with Crippen molar-refractivity contribution in [2.45, 2.75) is 11.8 Å². The van der Waals surface area contributed by atoms with Crippen molar-refractivity contribution in [2.24, 2.45) is 0 Å². The number of rotatable bonds is 3. The minimum atomic E-state index is -2.95. The lowest BCUT2D eigenvalue weighted by molar-refractivity contribution is 0.0693. The Morgan fingerprint density at radius 3 is 2.57 bits per heavy atom. The molecule has 0 aliphatic rings. The van der Waals surface area contributed by atoms with Gasteiger partial charge in [0.1, 0.15) is 0 Å². The summed E-state index contributed by atoms with van der Waals surface area (Å²) in [5, 5.41) is 8.82. The van der Waals surface area contributed by atoms with Crippen LogP contribution in [-0.2, 0) is 9.73 Å². The number of carboxylic acid groups (broad SMARTS) is 1. The van der Waals surface area contributed by atoms with E-state index in [9.17, 15) is 9.00 Å². The first-order chi connectivity index (χ1) is 6.49. The fourth-order valence-electron chi connectivity index (χ4n) is 1.09. The van der Waals surface area contributed by atoms with Gasteiger partial charge in [-0.2, -0.15) is 0 Å². The highest BCUT2D eigenvalue weighted by atomic mass is 32.2. The minimum absolute atomic E-state index is 0.0469. The lowest BCUT2D eigenvalue weighted by atomic mass is 10.2. The van der Waals surface area contributed by atoms with Crippen LogP contribution >= 0.6 is 0 Å². The molecule has 0 aliphatic heterocycles. The van der Waals surface area contributed by atoms with E-state index in [0.29, 0.717) is 0 Å². The van der Waals surface area contributed by atoms with Crippen molar-refractivity contribution in [3.05, 3.63) is 29.8 Å². The van der Waals surface area contributed by atoms with Crippen molar-refractivity contribution >= 4 is 15.7 Å². The molecule has 0 fully saturated rings. The van der Waals surface area contributed by atoms with Crippen LogP contribution in [-0.4, -0.2) is 21.0 Å². The smallest absolute Gasteiger partial charge is 0.336 e. The van der Waals surface area contributed by atoms with Crippen LogP contribution in [0.25, 0.3) is 0 Å². The second kappa shape index (κ2) is 3.79. The first kappa shape index (κ1) is 10.7. The molecular formula is C9H11NO3S. The molecule has 1 unspecified atom stereocenters. The molecule has 14 heavy (non-hydrogen) atoms. The standard InChI is InChI=1S/C9H11NO3S/c1-2-14(10,13)8-6-4-3-5-7(8)9(11)12/h3-6,10H,2H2,1H3,(H,11,12). The summed E-state index contributed by atoms with van der Waals surface area (Å²) in [5.41, 5.74) is -0.0469. The average Bonchev–Trinajstić information content (AvgIpc) is 2.18. The molecule has 0 spiro atoms. The molecule has 1 aromatic rings. The Morgan fingerprint density at radius 1 is 1.50 bits per heavy atom. The molecule has 1 atom stereocenters. The second-order valence-electron chi connectivity index (χ2n) is 2.77. The average molecular weight is 213 g/mol. The molecule has 5 heteroatoms. The Balaban J connectivity index is 3.42. The van der Waals surface area contributed by atoms with E-state index in [1.165, 1.54) is 12.1 Å². The first-order valence-electron chi connectivity index (χ1n) is 4.08. The number of benzene rings is 1. The summed E-state index contributed by atoms with van der Waals surface area (Å²) >= 11 is 0. The number of hydrogen-bond acceptors (Lipinski definition) is 3. The summed E-state index contributed by atoms with van der Waals surface area (Å²) in [6.45, 7) is 1.61. The zero-order valence-electron chi connectivity index (χ0n) is 7.69. The molecule has 0 saturated heterocycles. The monoisotopic (exact) mass is 213 g/mol. The van der Waals surface area contributed by atoms with Crippen LogP contribution in [0.1, 0.15) is 17.3 Å². The molecule has 2 N–H and O–H groups in total. The SMILES string of the molecule is CCS(=N)(=O)c1ccccc1C(=O)O. The van der Waals surface area contributed by atoms with Crippen LogP contribution in [0.15, 0.2) is 29.2 Å². The Hall–Kier alpha value is -1.36. The fourth-order valence-corrected chi connectivity index (χ4v) is 2.21. The van der Waals surface area contributed by atoms with Crippen LogP contribution in [0.5, 0.6) is 0 Å². The maximum absolute atomic E-state index is 11.7. The van der Waals surface area contributed by atoms with Crippen molar-refractivity contribution in [2.75, 3.05) is 5.75 Å². The normalized spacial score (nSPS) is 14.6. The molecule has 0 amide bonds. The maximum atomic E-state index is 11.7. The molecule has 0 heterocycles. The van der Waals surface area contributed by atoms with Crippen molar-refractivity contribution in [1.29, 1.82) is 4.78 Å². The second-order valence-corrected chi connectivity index (χ2v) is 5.13. The van der Waals surface area contributed by atoms with Crippen LogP contribution < -0.4 is 0 Å². The van der Waals surface area contributed by atoms with Gasteiger partial charge in [0.05, 0.1) is 20.2 Å². The highest BCUT2D eigenvalue weighted by Crippen LogP contribution is 2.17. The molecule has 0 saturated carbocycles. The number of nitrogens with one attached hydrogen (secondary N) is 1. The van der Waals surface area contributed by atoms with Gasteiger partial charge in [-0.1, -0.05) is 19.1 Å².